The van der Waals surface area contributed by atoms with Crippen LogP contribution in [0.4, 0.5) is 0 Å². The lowest BCUT2D eigenvalue weighted by molar-refractivity contribution is 0.189. The van der Waals surface area contributed by atoms with E-state index in [0.717, 1.165) is 10.5 Å². The van der Waals surface area contributed by atoms with Crippen molar-refractivity contribution in [3.63, 3.8) is 0 Å². The van der Waals surface area contributed by atoms with Gasteiger partial charge in [-0.1, -0.05) is 97.3 Å². The highest BCUT2D eigenvalue weighted by molar-refractivity contribution is 5.98. The normalized spacial score (nSPS) is 12.9. The summed E-state index contributed by atoms with van der Waals surface area (Å²) < 4.78 is 5.76. The Kier molecular flexibility index (Phi) is 17.4. The average Bonchev–Trinajstić information content (AvgIpc) is 2.47. The number of rotatable bonds is 16. The summed E-state index contributed by atoms with van der Waals surface area (Å²) >= 11 is 0. The van der Waals surface area contributed by atoms with Gasteiger partial charge in [-0.25, -0.2) is 0 Å². The monoisotopic (exact) mass is 300 g/mol. The predicted molar refractivity (Wildman–Crippen MR) is 95.4 cm³/mol. The van der Waals surface area contributed by atoms with Gasteiger partial charge in [0.2, 0.25) is 0 Å². The molecule has 0 bridgehead atoms. The molecule has 0 fully saturated rings. The molecule has 0 rings (SSSR count). The third-order valence-electron chi connectivity index (χ3n) is 4.34. The number of unbranched alkanes of at least 4 members (excludes halogenated alkanes) is 11. The molecule has 0 saturated carbocycles. The van der Waals surface area contributed by atoms with Crippen molar-refractivity contribution in [2.24, 2.45) is 0 Å². The van der Waals surface area contributed by atoms with Gasteiger partial charge in [-0.05, 0) is 12.8 Å². The molecule has 20 heavy (non-hydrogen) atoms. The fourth-order valence-electron chi connectivity index (χ4n) is 2.86. The van der Waals surface area contributed by atoms with E-state index in [1.807, 2.05) is 0 Å². The summed E-state index contributed by atoms with van der Waals surface area (Å²) in [6.45, 7) is 4.57. The molecule has 0 aliphatic rings. The Hall–Kier alpha value is 0.177. The van der Waals surface area contributed by atoms with Crippen molar-refractivity contribution in [2.45, 2.75) is 116 Å². The Balaban J connectivity index is 3.29. The maximum Gasteiger partial charge on any atom is 0.146 e. The van der Waals surface area contributed by atoms with Crippen molar-refractivity contribution >= 4 is 10.5 Å². The van der Waals surface area contributed by atoms with Gasteiger partial charge in [0.05, 0.1) is 0 Å². The second-order valence-electron chi connectivity index (χ2n) is 6.32. The fourth-order valence-corrected chi connectivity index (χ4v) is 3.33. The van der Waals surface area contributed by atoms with Gasteiger partial charge in [-0.15, -0.1) is 0 Å². The summed E-state index contributed by atoms with van der Waals surface area (Å²) in [6, 6.07) is 0. The molecule has 0 heterocycles. The topological polar surface area (TPSA) is 9.23 Å². The van der Waals surface area contributed by atoms with E-state index in [4.69, 9.17) is 4.43 Å². The van der Waals surface area contributed by atoms with Crippen LogP contribution in [0.5, 0.6) is 0 Å². The molecule has 0 aromatic rings. The highest BCUT2D eigenvalue weighted by atomic mass is 28.2. The molecule has 0 radical (unpaired) electrons. The zero-order valence-corrected chi connectivity index (χ0v) is 16.6. The Morgan fingerprint density at radius 1 is 0.600 bits per heavy atom. The van der Waals surface area contributed by atoms with Crippen LogP contribution in [0.25, 0.3) is 0 Å². The molecular formula is C18H40OSi. The lowest BCUT2D eigenvalue weighted by Gasteiger charge is -2.15. The zero-order valence-electron chi connectivity index (χ0n) is 14.6. The first-order valence-electron chi connectivity index (χ1n) is 9.37. The standard InChI is InChI=1S/C18H40OSi/c1-3-5-7-9-11-13-15-17-18(19-20)16-14-12-10-8-6-4-2/h18H,3-17H2,1-2,20H3. The SMILES string of the molecule is CCCCCCCCCC(CCCCCCCC)O[SiH3]. The molecule has 0 amide bonds. The molecule has 0 N–H and O–H groups in total. The minimum absolute atomic E-state index is 0.587. The largest absolute Gasteiger partial charge is 0.425 e. The minimum Gasteiger partial charge on any atom is -0.425 e. The number of hydrogen-bond donors (Lipinski definition) is 0. The summed E-state index contributed by atoms with van der Waals surface area (Å²) in [5, 5.41) is 0. The average molecular weight is 301 g/mol. The van der Waals surface area contributed by atoms with Gasteiger partial charge in [0.25, 0.3) is 0 Å². The molecule has 122 valence electrons. The van der Waals surface area contributed by atoms with E-state index in [1.54, 1.807) is 0 Å². The van der Waals surface area contributed by atoms with E-state index in [-0.39, 0.29) is 0 Å². The van der Waals surface area contributed by atoms with E-state index >= 15 is 0 Å². The van der Waals surface area contributed by atoms with Gasteiger partial charge in [-0.2, -0.15) is 0 Å². The van der Waals surface area contributed by atoms with Gasteiger partial charge < -0.3 is 4.43 Å². The van der Waals surface area contributed by atoms with Crippen LogP contribution >= 0.6 is 0 Å². The van der Waals surface area contributed by atoms with Crippen LogP contribution in [0.2, 0.25) is 0 Å². The Labute approximate surface area is 131 Å². The van der Waals surface area contributed by atoms with Crippen LogP contribution in [-0.2, 0) is 4.43 Å². The van der Waals surface area contributed by atoms with E-state index in [2.05, 4.69) is 13.8 Å². The van der Waals surface area contributed by atoms with Gasteiger partial charge in [0.15, 0.2) is 0 Å². The smallest absolute Gasteiger partial charge is 0.146 e. The highest BCUT2D eigenvalue weighted by Gasteiger charge is 2.06. The quantitative estimate of drug-likeness (QED) is 0.268. The second kappa shape index (κ2) is 17.2. The Morgan fingerprint density at radius 3 is 1.30 bits per heavy atom. The first-order chi connectivity index (χ1) is 9.85. The molecular weight excluding hydrogens is 260 g/mol. The third kappa shape index (κ3) is 14.6. The molecule has 0 aliphatic heterocycles. The Morgan fingerprint density at radius 2 is 0.950 bits per heavy atom. The maximum absolute atomic E-state index is 5.76. The maximum atomic E-state index is 5.76. The first kappa shape index (κ1) is 20.2. The lowest BCUT2D eigenvalue weighted by Crippen LogP contribution is -2.11. The van der Waals surface area contributed by atoms with Crippen LogP contribution in [-0.4, -0.2) is 16.6 Å². The van der Waals surface area contributed by atoms with Crippen molar-refractivity contribution in [1.29, 1.82) is 0 Å². The summed E-state index contributed by atoms with van der Waals surface area (Å²) in [4.78, 5) is 0. The summed E-state index contributed by atoms with van der Waals surface area (Å²) in [5.41, 5.74) is 0. The molecule has 0 aromatic heterocycles. The van der Waals surface area contributed by atoms with Gasteiger partial charge >= 0.3 is 0 Å². The molecule has 1 unspecified atom stereocenters. The lowest BCUT2D eigenvalue weighted by atomic mass is 10.0. The van der Waals surface area contributed by atoms with Crippen LogP contribution in [0, 0.1) is 0 Å². The van der Waals surface area contributed by atoms with E-state index in [1.165, 1.54) is 96.3 Å². The summed E-state index contributed by atoms with van der Waals surface area (Å²) in [7, 11) is 0.913. The molecule has 0 spiro atoms. The van der Waals surface area contributed by atoms with Crippen molar-refractivity contribution < 1.29 is 4.43 Å². The predicted octanol–water partition coefficient (Wildman–Crippen LogP) is 5.54. The summed E-state index contributed by atoms with van der Waals surface area (Å²) in [5.74, 6) is 0. The van der Waals surface area contributed by atoms with E-state index in [9.17, 15) is 0 Å². The molecule has 1 nitrogen and oxygen atoms in total. The fraction of sp³-hybridized carbons (Fsp3) is 1.00. The van der Waals surface area contributed by atoms with Crippen LogP contribution in [0.3, 0.4) is 0 Å². The second-order valence-corrected chi connectivity index (χ2v) is 6.80. The zero-order chi connectivity index (χ0) is 14.9. The van der Waals surface area contributed by atoms with Crippen LogP contribution < -0.4 is 0 Å². The van der Waals surface area contributed by atoms with Crippen LogP contribution in [0.1, 0.15) is 110 Å². The van der Waals surface area contributed by atoms with E-state index < -0.39 is 0 Å². The molecule has 0 aliphatic carbocycles. The van der Waals surface area contributed by atoms with Crippen molar-refractivity contribution in [1.82, 2.24) is 0 Å². The Bertz CT molecular complexity index is 173. The minimum atomic E-state index is 0.587. The van der Waals surface area contributed by atoms with Crippen molar-refractivity contribution in [3.05, 3.63) is 0 Å². The third-order valence-corrected chi connectivity index (χ3v) is 5.01. The number of hydrogen-bond acceptors (Lipinski definition) is 1. The first-order valence-corrected chi connectivity index (χ1v) is 10.2. The molecule has 1 atom stereocenters. The van der Waals surface area contributed by atoms with Crippen LogP contribution in [0.15, 0.2) is 0 Å². The molecule has 2 heteroatoms. The molecule has 0 aromatic carbocycles. The van der Waals surface area contributed by atoms with E-state index in [0.29, 0.717) is 6.10 Å². The van der Waals surface area contributed by atoms with Gasteiger partial charge in [-0.3, -0.25) is 0 Å². The van der Waals surface area contributed by atoms with Gasteiger partial charge in [0, 0.05) is 6.10 Å². The van der Waals surface area contributed by atoms with Crippen molar-refractivity contribution in [2.75, 3.05) is 0 Å². The van der Waals surface area contributed by atoms with Crippen molar-refractivity contribution in [3.8, 4) is 0 Å². The highest BCUT2D eigenvalue weighted by Crippen LogP contribution is 2.16. The van der Waals surface area contributed by atoms with Gasteiger partial charge in [0.1, 0.15) is 10.5 Å². The summed E-state index contributed by atoms with van der Waals surface area (Å²) in [6.07, 6.45) is 21.5. The molecule has 0 saturated heterocycles.